The standard InChI is InChI=1S/C10H13N5O6P/c1-4-7(21-22(17,18)19)6(16)10(20-4)15-3-14-5-8(11)12-2-13-9(5)15/h2-4,6-7,10,16H,1H2,(H2,11,12,13)(H2,17,18,19)/t4-,6-,7-,10-/m1/s1. The predicted molar refractivity (Wildman–Crippen MR) is 71.9 cm³/mol. The second kappa shape index (κ2) is 5.23. The summed E-state index contributed by atoms with van der Waals surface area (Å²) in [7, 11) is -4.80. The van der Waals surface area contributed by atoms with E-state index in [1.165, 1.54) is 17.2 Å². The van der Waals surface area contributed by atoms with Gasteiger partial charge in [0.15, 0.2) is 17.7 Å². The SMILES string of the molecule is [CH2][C@H]1O[C@@H](n2cnc3c(N)ncnc32)[C@H](O)[C@@H]1OP(=O)(O)O. The van der Waals surface area contributed by atoms with Gasteiger partial charge in [0, 0.05) is 0 Å². The minimum atomic E-state index is -4.80. The second-order valence-electron chi connectivity index (χ2n) is 4.70. The fourth-order valence-electron chi connectivity index (χ4n) is 2.29. The van der Waals surface area contributed by atoms with Gasteiger partial charge in [0.05, 0.1) is 12.4 Å². The molecule has 0 bridgehead atoms. The van der Waals surface area contributed by atoms with E-state index in [1.54, 1.807) is 0 Å². The first-order valence-electron chi connectivity index (χ1n) is 6.11. The Bertz CT molecular complexity index is 746. The molecule has 5 N–H and O–H groups in total. The summed E-state index contributed by atoms with van der Waals surface area (Å²) in [6.45, 7) is 3.57. The molecule has 0 unspecified atom stereocenters. The van der Waals surface area contributed by atoms with E-state index in [0.29, 0.717) is 11.2 Å². The van der Waals surface area contributed by atoms with Gasteiger partial charge in [0.2, 0.25) is 0 Å². The summed E-state index contributed by atoms with van der Waals surface area (Å²) in [4.78, 5) is 29.6. The highest BCUT2D eigenvalue weighted by molar-refractivity contribution is 7.46. The largest absolute Gasteiger partial charge is 0.470 e. The highest BCUT2D eigenvalue weighted by atomic mass is 31.2. The van der Waals surface area contributed by atoms with Gasteiger partial charge in [-0.05, 0) is 6.92 Å². The number of nitrogens with two attached hydrogens (primary N) is 1. The molecule has 119 valence electrons. The number of nitrogen functional groups attached to an aromatic ring is 1. The maximum absolute atomic E-state index is 11.0. The fraction of sp³-hybridized carbons (Fsp3) is 0.400. The molecule has 0 saturated carbocycles. The second-order valence-corrected chi connectivity index (χ2v) is 5.89. The maximum Gasteiger partial charge on any atom is 0.470 e. The van der Waals surface area contributed by atoms with Crippen LogP contribution < -0.4 is 5.73 Å². The van der Waals surface area contributed by atoms with Crippen molar-refractivity contribution in [1.82, 2.24) is 19.5 Å². The van der Waals surface area contributed by atoms with Crippen molar-refractivity contribution in [3.8, 4) is 0 Å². The summed E-state index contributed by atoms with van der Waals surface area (Å²) in [6, 6.07) is 0. The van der Waals surface area contributed by atoms with Gasteiger partial charge < -0.3 is 25.4 Å². The molecule has 3 rings (SSSR count). The fourth-order valence-corrected chi connectivity index (χ4v) is 2.87. The quantitative estimate of drug-likeness (QED) is 0.511. The van der Waals surface area contributed by atoms with Crippen LogP contribution in [0.3, 0.4) is 0 Å². The summed E-state index contributed by atoms with van der Waals surface area (Å²) in [5, 5.41) is 10.2. The predicted octanol–water partition coefficient (Wildman–Crippen LogP) is -1.02. The summed E-state index contributed by atoms with van der Waals surface area (Å²) in [5.74, 6) is 0.158. The molecule has 2 aromatic rings. The molecule has 12 heteroatoms. The molecule has 11 nitrogen and oxygen atoms in total. The first kappa shape index (κ1) is 15.3. The molecule has 2 aromatic heterocycles. The van der Waals surface area contributed by atoms with E-state index in [9.17, 15) is 9.67 Å². The number of anilines is 1. The number of imidazole rings is 1. The smallest absolute Gasteiger partial charge is 0.386 e. The number of aromatic nitrogens is 4. The van der Waals surface area contributed by atoms with E-state index < -0.39 is 32.4 Å². The third kappa shape index (κ3) is 2.58. The third-order valence-corrected chi connectivity index (χ3v) is 3.75. The van der Waals surface area contributed by atoms with Gasteiger partial charge in [-0.15, -0.1) is 0 Å². The average molecular weight is 330 g/mol. The Morgan fingerprint density at radius 1 is 1.41 bits per heavy atom. The molecule has 0 amide bonds. The lowest BCUT2D eigenvalue weighted by molar-refractivity contribution is -0.0248. The van der Waals surface area contributed by atoms with Crippen molar-refractivity contribution in [2.75, 3.05) is 5.73 Å². The van der Waals surface area contributed by atoms with Crippen molar-refractivity contribution in [3.63, 3.8) is 0 Å². The van der Waals surface area contributed by atoms with E-state index in [1.807, 2.05) is 0 Å². The molecule has 1 aliphatic rings. The number of phosphoric ester groups is 1. The van der Waals surface area contributed by atoms with Crippen LogP contribution in [-0.4, -0.2) is 52.7 Å². The van der Waals surface area contributed by atoms with E-state index in [0.717, 1.165) is 0 Å². The van der Waals surface area contributed by atoms with Crippen molar-refractivity contribution in [3.05, 3.63) is 19.6 Å². The Balaban J connectivity index is 1.95. The van der Waals surface area contributed by atoms with Crippen LogP contribution >= 0.6 is 7.82 Å². The summed E-state index contributed by atoms with van der Waals surface area (Å²) >= 11 is 0. The van der Waals surface area contributed by atoms with Crippen LogP contribution in [0.15, 0.2) is 12.7 Å². The van der Waals surface area contributed by atoms with Crippen molar-refractivity contribution in [1.29, 1.82) is 0 Å². The molecule has 0 spiro atoms. The first-order chi connectivity index (χ1) is 10.3. The zero-order valence-corrected chi connectivity index (χ0v) is 11.9. The van der Waals surface area contributed by atoms with Crippen LogP contribution in [0, 0.1) is 6.92 Å². The van der Waals surface area contributed by atoms with Crippen LogP contribution in [0.5, 0.6) is 0 Å². The number of ether oxygens (including phenoxy) is 1. The highest BCUT2D eigenvalue weighted by Gasteiger charge is 2.46. The van der Waals surface area contributed by atoms with Gasteiger partial charge >= 0.3 is 7.82 Å². The lowest BCUT2D eigenvalue weighted by atomic mass is 10.1. The minimum Gasteiger partial charge on any atom is -0.386 e. The van der Waals surface area contributed by atoms with Gasteiger partial charge in [-0.3, -0.25) is 9.09 Å². The lowest BCUT2D eigenvalue weighted by Gasteiger charge is -2.19. The first-order valence-corrected chi connectivity index (χ1v) is 7.64. The Morgan fingerprint density at radius 2 is 2.14 bits per heavy atom. The van der Waals surface area contributed by atoms with E-state index in [2.05, 4.69) is 26.4 Å². The summed E-state index contributed by atoms with van der Waals surface area (Å²) < 4.78 is 22.3. The van der Waals surface area contributed by atoms with Crippen molar-refractivity contribution in [2.24, 2.45) is 0 Å². The summed E-state index contributed by atoms with van der Waals surface area (Å²) in [5.41, 5.74) is 6.29. The number of aliphatic hydroxyl groups is 1. The Labute approximate surface area is 124 Å². The molecule has 1 radical (unpaired) electrons. The number of aliphatic hydroxyl groups excluding tert-OH is 1. The molecule has 1 saturated heterocycles. The Hall–Kier alpha value is -1.62. The molecule has 1 fully saturated rings. The van der Waals surface area contributed by atoms with Gasteiger partial charge in [-0.25, -0.2) is 19.5 Å². The number of nitrogens with zero attached hydrogens (tertiary/aromatic N) is 4. The molecule has 1 aliphatic heterocycles. The van der Waals surface area contributed by atoms with Gasteiger partial charge in [-0.1, -0.05) is 0 Å². The van der Waals surface area contributed by atoms with Crippen LogP contribution in [0.2, 0.25) is 0 Å². The van der Waals surface area contributed by atoms with Gasteiger partial charge in [0.25, 0.3) is 0 Å². The normalized spacial score (nSPS) is 29.3. The molecule has 0 aromatic carbocycles. The lowest BCUT2D eigenvalue weighted by Crippen LogP contribution is -2.32. The van der Waals surface area contributed by atoms with Crippen LogP contribution in [-0.2, 0) is 13.8 Å². The van der Waals surface area contributed by atoms with Gasteiger partial charge in [0.1, 0.15) is 24.1 Å². The molecule has 4 atom stereocenters. The zero-order valence-electron chi connectivity index (χ0n) is 11.1. The number of phosphoric acid groups is 1. The number of rotatable bonds is 3. The summed E-state index contributed by atoms with van der Waals surface area (Å²) in [6.07, 6.45) is -2.16. The van der Waals surface area contributed by atoms with Crippen LogP contribution in [0.25, 0.3) is 11.2 Å². The Kier molecular flexibility index (Phi) is 3.63. The molecule has 3 heterocycles. The highest BCUT2D eigenvalue weighted by Crippen LogP contribution is 2.43. The monoisotopic (exact) mass is 330 g/mol. The third-order valence-electron chi connectivity index (χ3n) is 3.23. The van der Waals surface area contributed by atoms with Crippen LogP contribution in [0.4, 0.5) is 5.82 Å². The average Bonchev–Trinajstić information content (AvgIpc) is 2.95. The van der Waals surface area contributed by atoms with Crippen molar-refractivity contribution < 1.29 is 28.7 Å². The van der Waals surface area contributed by atoms with E-state index >= 15 is 0 Å². The number of hydrogen-bond donors (Lipinski definition) is 4. The van der Waals surface area contributed by atoms with Crippen molar-refractivity contribution in [2.45, 2.75) is 24.5 Å². The van der Waals surface area contributed by atoms with Crippen LogP contribution in [0.1, 0.15) is 6.23 Å². The minimum absolute atomic E-state index is 0.158. The molecule has 22 heavy (non-hydrogen) atoms. The Morgan fingerprint density at radius 3 is 2.82 bits per heavy atom. The van der Waals surface area contributed by atoms with Gasteiger partial charge in [-0.2, -0.15) is 0 Å². The number of fused-ring (bicyclic) bond motifs is 1. The van der Waals surface area contributed by atoms with E-state index in [-0.39, 0.29) is 5.82 Å². The molecule has 0 aliphatic carbocycles. The maximum atomic E-state index is 11.0. The molecular formula is C10H13N5O6P. The van der Waals surface area contributed by atoms with Crippen molar-refractivity contribution >= 4 is 24.8 Å². The number of hydrogen-bond acceptors (Lipinski definition) is 8. The van der Waals surface area contributed by atoms with E-state index in [4.69, 9.17) is 20.3 Å². The topological polar surface area (TPSA) is 166 Å². The zero-order chi connectivity index (χ0) is 16.1. The molecular weight excluding hydrogens is 317 g/mol.